The molecule has 3 nitrogen and oxygen atoms in total. The maximum absolute atomic E-state index is 12.4. The lowest BCUT2D eigenvalue weighted by atomic mass is 10.1. The maximum Gasteiger partial charge on any atom is 0.211 e. The Labute approximate surface area is 122 Å². The molecule has 0 spiro atoms. The molecule has 0 radical (unpaired) electrons. The van der Waals surface area contributed by atoms with Crippen LogP contribution < -0.4 is 5.32 Å². The van der Waals surface area contributed by atoms with Gasteiger partial charge in [-0.05, 0) is 35.9 Å². The first-order valence-corrected chi connectivity index (χ1v) is 6.79. The van der Waals surface area contributed by atoms with Gasteiger partial charge in [-0.15, -0.1) is 0 Å². The number of anilines is 1. The van der Waals surface area contributed by atoms with Gasteiger partial charge in [0.2, 0.25) is 5.78 Å². The normalized spacial score (nSPS) is 15.2. The molecule has 1 aliphatic rings. The van der Waals surface area contributed by atoms with Crippen LogP contribution >= 0.6 is 0 Å². The minimum atomic E-state index is 0.0338. The number of allylic oxidation sites excluding steroid dienone is 1. The molecule has 0 bridgehead atoms. The van der Waals surface area contributed by atoms with E-state index >= 15 is 0 Å². The average molecular weight is 272 g/mol. The van der Waals surface area contributed by atoms with Crippen LogP contribution in [0.25, 0.3) is 17.0 Å². The highest BCUT2D eigenvalue weighted by Gasteiger charge is 2.23. The van der Waals surface area contributed by atoms with Crippen LogP contribution in [0.5, 0.6) is 0 Å². The van der Waals surface area contributed by atoms with Crippen LogP contribution in [-0.2, 0) is 0 Å². The zero-order valence-electron chi connectivity index (χ0n) is 11.2. The number of nitrogens with zero attached hydrogens (tertiary/aromatic N) is 1. The van der Waals surface area contributed by atoms with Crippen LogP contribution in [-0.4, -0.2) is 10.8 Å². The first-order valence-electron chi connectivity index (χ1n) is 6.79. The summed E-state index contributed by atoms with van der Waals surface area (Å²) in [7, 11) is 0. The largest absolute Gasteiger partial charge is 0.352 e. The molecule has 1 aromatic heterocycles. The highest BCUT2D eigenvalue weighted by atomic mass is 16.1. The van der Waals surface area contributed by atoms with Gasteiger partial charge in [-0.25, -0.2) is 0 Å². The van der Waals surface area contributed by atoms with Crippen molar-refractivity contribution in [1.29, 1.82) is 0 Å². The highest BCUT2D eigenvalue weighted by molar-refractivity contribution is 6.20. The smallest absolute Gasteiger partial charge is 0.211 e. The van der Waals surface area contributed by atoms with E-state index < -0.39 is 0 Å². The number of aromatic nitrogens is 1. The maximum atomic E-state index is 12.4. The second kappa shape index (κ2) is 4.56. The lowest BCUT2D eigenvalue weighted by Gasteiger charge is -2.03. The van der Waals surface area contributed by atoms with E-state index in [1.165, 1.54) is 0 Å². The van der Waals surface area contributed by atoms with E-state index in [1.54, 1.807) is 6.20 Å². The van der Waals surface area contributed by atoms with Crippen molar-refractivity contribution in [3.8, 4) is 0 Å². The van der Waals surface area contributed by atoms with Crippen molar-refractivity contribution in [2.24, 2.45) is 0 Å². The minimum Gasteiger partial charge on any atom is -0.352 e. The standard InChI is InChI=1S/C18H12N2O/c21-18-14-6-2-4-8-16(14)20-17(18)11-12-9-10-19-15-7-3-1-5-13(12)15/h1-11,20H/b17-11-. The Morgan fingerprint density at radius 2 is 1.76 bits per heavy atom. The summed E-state index contributed by atoms with van der Waals surface area (Å²) in [6.45, 7) is 0. The summed E-state index contributed by atoms with van der Waals surface area (Å²) in [5.41, 5.74) is 4.11. The van der Waals surface area contributed by atoms with Gasteiger partial charge < -0.3 is 5.32 Å². The van der Waals surface area contributed by atoms with Gasteiger partial charge in [-0.1, -0.05) is 30.3 Å². The fourth-order valence-electron chi connectivity index (χ4n) is 2.64. The molecule has 0 atom stereocenters. The number of hydrogen-bond acceptors (Lipinski definition) is 3. The van der Waals surface area contributed by atoms with Gasteiger partial charge in [0, 0.05) is 22.8 Å². The second-order valence-corrected chi connectivity index (χ2v) is 4.98. The van der Waals surface area contributed by atoms with E-state index in [9.17, 15) is 4.79 Å². The molecule has 2 aromatic carbocycles. The summed E-state index contributed by atoms with van der Waals surface area (Å²) in [6, 6.07) is 17.4. The molecule has 3 aromatic rings. The first-order chi connectivity index (χ1) is 10.3. The lowest BCUT2D eigenvalue weighted by Crippen LogP contribution is -1.99. The topological polar surface area (TPSA) is 42.0 Å². The Hall–Kier alpha value is -2.94. The van der Waals surface area contributed by atoms with Crippen molar-refractivity contribution >= 4 is 28.4 Å². The predicted octanol–water partition coefficient (Wildman–Crippen LogP) is 3.88. The Balaban J connectivity index is 1.84. The molecule has 1 aliphatic heterocycles. The van der Waals surface area contributed by atoms with Crippen molar-refractivity contribution in [1.82, 2.24) is 4.98 Å². The molecular formula is C18H12N2O. The number of benzene rings is 2. The van der Waals surface area contributed by atoms with E-state index in [1.807, 2.05) is 60.7 Å². The highest BCUT2D eigenvalue weighted by Crippen LogP contribution is 2.29. The number of carbonyl (C=O) groups excluding carboxylic acids is 1. The van der Waals surface area contributed by atoms with Crippen LogP contribution in [0.4, 0.5) is 5.69 Å². The van der Waals surface area contributed by atoms with Crippen LogP contribution in [0, 0.1) is 0 Å². The quantitative estimate of drug-likeness (QED) is 0.683. The number of carbonyl (C=O) groups is 1. The van der Waals surface area contributed by atoms with Gasteiger partial charge in [0.25, 0.3) is 0 Å². The Bertz CT molecular complexity index is 891. The molecule has 0 unspecified atom stereocenters. The third kappa shape index (κ3) is 1.91. The van der Waals surface area contributed by atoms with Gasteiger partial charge in [0.1, 0.15) is 0 Å². The number of hydrogen-bond donors (Lipinski definition) is 1. The molecule has 0 saturated heterocycles. The molecule has 0 saturated carbocycles. The van der Waals surface area contributed by atoms with Crippen LogP contribution in [0.1, 0.15) is 15.9 Å². The van der Waals surface area contributed by atoms with Crippen molar-refractivity contribution < 1.29 is 4.79 Å². The second-order valence-electron chi connectivity index (χ2n) is 4.98. The summed E-state index contributed by atoms with van der Waals surface area (Å²) >= 11 is 0. The third-order valence-corrected chi connectivity index (χ3v) is 3.67. The number of rotatable bonds is 1. The first kappa shape index (κ1) is 11.9. The SMILES string of the molecule is O=C1/C(=C/c2ccnc3ccccc23)Nc2ccccc21. The van der Waals surface area contributed by atoms with Gasteiger partial charge in [0.15, 0.2) is 0 Å². The average Bonchev–Trinajstić information content (AvgIpc) is 2.85. The zero-order valence-corrected chi connectivity index (χ0v) is 11.2. The fraction of sp³-hybridized carbons (Fsp3) is 0. The van der Waals surface area contributed by atoms with E-state index in [4.69, 9.17) is 0 Å². The van der Waals surface area contributed by atoms with E-state index in [-0.39, 0.29) is 5.78 Å². The molecular weight excluding hydrogens is 260 g/mol. The number of pyridine rings is 1. The number of fused-ring (bicyclic) bond motifs is 2. The lowest BCUT2D eigenvalue weighted by molar-refractivity contribution is 0.104. The minimum absolute atomic E-state index is 0.0338. The van der Waals surface area contributed by atoms with Crippen LogP contribution in [0.2, 0.25) is 0 Å². The Morgan fingerprint density at radius 1 is 0.952 bits per heavy atom. The molecule has 21 heavy (non-hydrogen) atoms. The van der Waals surface area contributed by atoms with Crippen molar-refractivity contribution in [3.63, 3.8) is 0 Å². The molecule has 100 valence electrons. The zero-order chi connectivity index (χ0) is 14.2. The summed E-state index contributed by atoms with van der Waals surface area (Å²) in [6.07, 6.45) is 3.66. The number of Topliss-reactive ketones (excluding diaryl/α,β-unsaturated/α-hetero) is 1. The third-order valence-electron chi connectivity index (χ3n) is 3.67. The molecule has 0 fully saturated rings. The number of nitrogens with one attached hydrogen (secondary N) is 1. The van der Waals surface area contributed by atoms with Gasteiger partial charge in [0.05, 0.1) is 11.2 Å². The van der Waals surface area contributed by atoms with E-state index in [0.717, 1.165) is 27.7 Å². The molecule has 2 heterocycles. The van der Waals surface area contributed by atoms with Gasteiger partial charge in [-0.3, -0.25) is 9.78 Å². The summed E-state index contributed by atoms with van der Waals surface area (Å²) in [5.74, 6) is 0.0338. The number of ketones is 1. The Kier molecular flexibility index (Phi) is 2.57. The Morgan fingerprint density at radius 3 is 2.67 bits per heavy atom. The van der Waals surface area contributed by atoms with Gasteiger partial charge >= 0.3 is 0 Å². The van der Waals surface area contributed by atoms with Crippen molar-refractivity contribution in [3.05, 3.63) is 77.6 Å². The van der Waals surface area contributed by atoms with Crippen LogP contribution in [0.15, 0.2) is 66.5 Å². The number of para-hydroxylation sites is 2. The van der Waals surface area contributed by atoms with Crippen LogP contribution in [0.3, 0.4) is 0 Å². The monoisotopic (exact) mass is 272 g/mol. The molecule has 4 rings (SSSR count). The van der Waals surface area contributed by atoms with Crippen molar-refractivity contribution in [2.45, 2.75) is 0 Å². The summed E-state index contributed by atoms with van der Waals surface area (Å²) in [4.78, 5) is 16.7. The summed E-state index contributed by atoms with van der Waals surface area (Å²) in [5, 5.41) is 4.23. The fourth-order valence-corrected chi connectivity index (χ4v) is 2.64. The van der Waals surface area contributed by atoms with E-state index in [0.29, 0.717) is 5.70 Å². The predicted molar refractivity (Wildman–Crippen MR) is 84.1 cm³/mol. The summed E-state index contributed by atoms with van der Waals surface area (Å²) < 4.78 is 0. The molecule has 0 amide bonds. The van der Waals surface area contributed by atoms with Gasteiger partial charge in [-0.2, -0.15) is 0 Å². The molecule has 1 N–H and O–H groups in total. The molecule has 0 aliphatic carbocycles. The molecule has 3 heteroatoms. The van der Waals surface area contributed by atoms with E-state index in [2.05, 4.69) is 10.3 Å². The van der Waals surface area contributed by atoms with Crippen molar-refractivity contribution in [2.75, 3.05) is 5.32 Å².